The van der Waals surface area contributed by atoms with Gasteiger partial charge in [-0.05, 0) is 75.2 Å². The molecular weight excluding hydrogens is 296 g/mol. The lowest BCUT2D eigenvalue weighted by molar-refractivity contribution is -0.213. The molecule has 4 aliphatic rings. The van der Waals surface area contributed by atoms with Crippen LogP contribution in [0.15, 0.2) is 11.8 Å². The molecule has 2 heteroatoms. The minimum absolute atomic E-state index is 0.0782. The van der Waals surface area contributed by atoms with E-state index in [1.165, 1.54) is 12.2 Å². The van der Waals surface area contributed by atoms with Gasteiger partial charge in [0, 0.05) is 11.8 Å². The lowest BCUT2D eigenvalue weighted by atomic mass is 9.52. The van der Waals surface area contributed by atoms with E-state index in [9.17, 15) is 5.11 Å². The second-order valence-corrected chi connectivity index (χ2v) is 10.3. The van der Waals surface area contributed by atoms with E-state index in [0.717, 1.165) is 38.5 Å². The van der Waals surface area contributed by atoms with Crippen LogP contribution < -0.4 is 0 Å². The average molecular weight is 335 g/mol. The Balaban J connectivity index is 1.85. The van der Waals surface area contributed by atoms with E-state index in [-0.39, 0.29) is 11.0 Å². The lowest BCUT2D eigenvalue weighted by Crippen LogP contribution is -2.60. The summed E-state index contributed by atoms with van der Waals surface area (Å²) in [7, 11) is 0. The molecule has 3 unspecified atom stereocenters. The van der Waals surface area contributed by atoms with Crippen LogP contribution in [0.1, 0.15) is 86.5 Å². The molecule has 0 amide bonds. The van der Waals surface area contributed by atoms with Crippen LogP contribution in [0.2, 0.25) is 0 Å². The van der Waals surface area contributed by atoms with Crippen molar-refractivity contribution in [2.24, 2.45) is 29.1 Å². The summed E-state index contributed by atoms with van der Waals surface area (Å²) in [6, 6.07) is 0. The third-order valence-corrected chi connectivity index (χ3v) is 7.23. The maximum absolute atomic E-state index is 11.0. The minimum Gasteiger partial charge on any atom is -0.491 e. The SMILES string of the molecule is CC=C(OC12CC3CC(CC(O)(C3)C1)C2)C(C)(CC(C)C)C(C)C. The maximum Gasteiger partial charge on any atom is 0.112 e. The molecule has 0 radical (unpaired) electrons. The fraction of sp³-hybridized carbons (Fsp3) is 0.909. The first-order chi connectivity index (χ1) is 11.1. The van der Waals surface area contributed by atoms with Gasteiger partial charge in [-0.25, -0.2) is 0 Å². The minimum atomic E-state index is -0.449. The molecule has 4 bridgehead atoms. The van der Waals surface area contributed by atoms with Gasteiger partial charge >= 0.3 is 0 Å². The molecule has 0 aromatic rings. The molecular formula is C22H38O2. The number of allylic oxidation sites excluding steroid dienone is 2. The van der Waals surface area contributed by atoms with E-state index in [4.69, 9.17) is 4.74 Å². The molecule has 0 aromatic heterocycles. The van der Waals surface area contributed by atoms with Crippen LogP contribution in [0.4, 0.5) is 0 Å². The molecule has 4 rings (SSSR count). The highest BCUT2D eigenvalue weighted by molar-refractivity contribution is 5.15. The highest BCUT2D eigenvalue weighted by atomic mass is 16.5. The first-order valence-electron chi connectivity index (χ1n) is 10.2. The summed E-state index contributed by atoms with van der Waals surface area (Å²) in [6.07, 6.45) is 9.84. The zero-order chi connectivity index (χ0) is 17.8. The summed E-state index contributed by atoms with van der Waals surface area (Å²) >= 11 is 0. The molecule has 1 N–H and O–H groups in total. The number of rotatable bonds is 6. The number of hydrogen-bond donors (Lipinski definition) is 1. The maximum atomic E-state index is 11.0. The van der Waals surface area contributed by atoms with Crippen LogP contribution in [0, 0.1) is 29.1 Å². The highest BCUT2D eigenvalue weighted by Gasteiger charge is 2.59. The smallest absolute Gasteiger partial charge is 0.112 e. The lowest BCUT2D eigenvalue weighted by Gasteiger charge is -2.60. The second kappa shape index (κ2) is 6.04. The summed E-state index contributed by atoms with van der Waals surface area (Å²) in [4.78, 5) is 0. The molecule has 0 spiro atoms. The normalized spacial score (nSPS) is 41.1. The van der Waals surface area contributed by atoms with Crippen LogP contribution in [0.3, 0.4) is 0 Å². The standard InChI is InChI=1S/C22H38O2/c1-7-19(20(6,16(4)5)9-15(2)3)24-22-12-17-8-18(13-22)11-21(23,10-17)14-22/h7,15-18,23H,8-14H2,1-6H3. The second-order valence-electron chi connectivity index (χ2n) is 10.3. The molecule has 0 aromatic carbocycles. The molecule has 3 atom stereocenters. The van der Waals surface area contributed by atoms with Gasteiger partial charge in [0.25, 0.3) is 0 Å². The van der Waals surface area contributed by atoms with Gasteiger partial charge in [0.1, 0.15) is 5.60 Å². The first kappa shape index (κ1) is 18.3. The van der Waals surface area contributed by atoms with Crippen LogP contribution in [-0.2, 0) is 4.74 Å². The Kier molecular flexibility index (Phi) is 4.60. The largest absolute Gasteiger partial charge is 0.491 e. The summed E-state index contributed by atoms with van der Waals surface area (Å²) in [5, 5.41) is 11.0. The van der Waals surface area contributed by atoms with Crippen molar-refractivity contribution in [3.05, 3.63) is 11.8 Å². The van der Waals surface area contributed by atoms with Crippen LogP contribution >= 0.6 is 0 Å². The van der Waals surface area contributed by atoms with E-state index in [2.05, 4.69) is 47.6 Å². The zero-order valence-electron chi connectivity index (χ0n) is 16.7. The molecule has 0 aliphatic heterocycles. The number of hydrogen-bond acceptors (Lipinski definition) is 2. The average Bonchev–Trinajstić information content (AvgIpc) is 2.40. The zero-order valence-corrected chi connectivity index (χ0v) is 16.7. The first-order valence-corrected chi connectivity index (χ1v) is 10.2. The van der Waals surface area contributed by atoms with Crippen LogP contribution in [-0.4, -0.2) is 16.3 Å². The molecule has 4 fully saturated rings. The van der Waals surface area contributed by atoms with Crippen molar-refractivity contribution in [1.29, 1.82) is 0 Å². The number of aliphatic hydroxyl groups is 1. The predicted octanol–water partition coefficient (Wildman–Crippen LogP) is 5.70. The Morgan fingerprint density at radius 3 is 2.17 bits per heavy atom. The summed E-state index contributed by atoms with van der Waals surface area (Å²) in [5.74, 6) is 3.71. The van der Waals surface area contributed by atoms with Crippen LogP contribution in [0.5, 0.6) is 0 Å². The Hall–Kier alpha value is -0.500. The molecule has 138 valence electrons. The summed E-state index contributed by atoms with van der Waals surface area (Å²) in [6.45, 7) is 13.8. The van der Waals surface area contributed by atoms with E-state index in [1.54, 1.807) is 0 Å². The quantitative estimate of drug-likeness (QED) is 0.631. The Labute approximate surface area is 149 Å². The van der Waals surface area contributed by atoms with Crippen molar-refractivity contribution in [2.45, 2.75) is 97.7 Å². The monoisotopic (exact) mass is 334 g/mol. The van der Waals surface area contributed by atoms with Crippen molar-refractivity contribution in [1.82, 2.24) is 0 Å². The molecule has 4 aliphatic carbocycles. The van der Waals surface area contributed by atoms with Gasteiger partial charge in [-0.2, -0.15) is 0 Å². The topological polar surface area (TPSA) is 29.5 Å². The Morgan fingerprint density at radius 1 is 1.17 bits per heavy atom. The van der Waals surface area contributed by atoms with Crippen molar-refractivity contribution < 1.29 is 9.84 Å². The van der Waals surface area contributed by atoms with Gasteiger partial charge in [-0.15, -0.1) is 0 Å². The van der Waals surface area contributed by atoms with E-state index in [1.807, 2.05) is 0 Å². The van der Waals surface area contributed by atoms with Crippen molar-refractivity contribution in [3.63, 3.8) is 0 Å². The van der Waals surface area contributed by atoms with Gasteiger partial charge < -0.3 is 9.84 Å². The third-order valence-electron chi connectivity index (χ3n) is 7.23. The fourth-order valence-electron chi connectivity index (χ4n) is 6.46. The summed E-state index contributed by atoms with van der Waals surface area (Å²) < 4.78 is 6.89. The van der Waals surface area contributed by atoms with Gasteiger partial charge in [-0.1, -0.05) is 34.6 Å². The molecule has 4 saturated carbocycles. The van der Waals surface area contributed by atoms with Crippen molar-refractivity contribution >= 4 is 0 Å². The van der Waals surface area contributed by atoms with E-state index >= 15 is 0 Å². The van der Waals surface area contributed by atoms with Gasteiger partial charge in [-0.3, -0.25) is 0 Å². The highest BCUT2D eigenvalue weighted by Crippen LogP contribution is 2.60. The number of ether oxygens (including phenoxy) is 1. The van der Waals surface area contributed by atoms with E-state index in [0.29, 0.717) is 23.7 Å². The molecule has 0 saturated heterocycles. The van der Waals surface area contributed by atoms with Crippen LogP contribution in [0.25, 0.3) is 0 Å². The van der Waals surface area contributed by atoms with Gasteiger partial charge in [0.15, 0.2) is 0 Å². The van der Waals surface area contributed by atoms with Crippen molar-refractivity contribution in [2.75, 3.05) is 0 Å². The summed E-state index contributed by atoms with van der Waals surface area (Å²) in [5.41, 5.74) is -0.474. The molecule has 0 heterocycles. The van der Waals surface area contributed by atoms with Gasteiger partial charge in [0.2, 0.25) is 0 Å². The van der Waals surface area contributed by atoms with E-state index < -0.39 is 5.60 Å². The van der Waals surface area contributed by atoms with Gasteiger partial charge in [0.05, 0.1) is 11.4 Å². The Morgan fingerprint density at radius 2 is 1.75 bits per heavy atom. The fourth-order valence-corrected chi connectivity index (χ4v) is 6.46. The molecule has 24 heavy (non-hydrogen) atoms. The molecule has 2 nitrogen and oxygen atoms in total. The predicted molar refractivity (Wildman–Crippen MR) is 99.6 cm³/mol. The van der Waals surface area contributed by atoms with Crippen molar-refractivity contribution in [3.8, 4) is 0 Å². The third kappa shape index (κ3) is 3.16. The Bertz CT molecular complexity index is 490.